The number of ether oxygens (including phenoxy) is 1. The first-order chi connectivity index (χ1) is 13.6. The Morgan fingerprint density at radius 2 is 2.03 bits per heavy atom. The third-order valence-electron chi connectivity index (χ3n) is 5.31. The van der Waals surface area contributed by atoms with Crippen molar-refractivity contribution in [2.45, 2.75) is 39.3 Å². The van der Waals surface area contributed by atoms with Crippen LogP contribution < -0.4 is 10.1 Å². The lowest BCUT2D eigenvalue weighted by Gasteiger charge is -2.23. The molecule has 0 amide bonds. The molecule has 0 bridgehead atoms. The van der Waals surface area contributed by atoms with Crippen molar-refractivity contribution in [1.29, 1.82) is 0 Å². The highest BCUT2D eigenvalue weighted by molar-refractivity contribution is 14.0. The first-order valence-corrected chi connectivity index (χ1v) is 10.0. The molecule has 0 aliphatic carbocycles. The zero-order valence-corrected chi connectivity index (χ0v) is 19.1. The minimum Gasteiger partial charge on any atom is -0.434 e. The quantitative estimate of drug-likeness (QED) is 0.332. The first kappa shape index (κ1) is 24.0. The lowest BCUT2D eigenvalue weighted by molar-refractivity contribution is -0.0506. The third kappa shape index (κ3) is 6.91. The van der Waals surface area contributed by atoms with E-state index in [4.69, 9.17) is 0 Å². The molecule has 2 heterocycles. The van der Waals surface area contributed by atoms with Crippen molar-refractivity contribution >= 4 is 29.9 Å². The van der Waals surface area contributed by atoms with E-state index < -0.39 is 12.4 Å². The lowest BCUT2D eigenvalue weighted by atomic mass is 10.1. The van der Waals surface area contributed by atoms with E-state index in [9.17, 15) is 13.2 Å². The van der Waals surface area contributed by atoms with E-state index in [1.807, 2.05) is 6.92 Å². The number of aliphatic imine (C=N–C) groups is 1. The molecule has 5 nitrogen and oxygen atoms in total. The van der Waals surface area contributed by atoms with Gasteiger partial charge in [-0.2, -0.15) is 8.78 Å². The van der Waals surface area contributed by atoms with Crippen LogP contribution in [-0.2, 0) is 6.54 Å². The minimum absolute atomic E-state index is 0. The van der Waals surface area contributed by atoms with Crippen LogP contribution in [0.15, 0.2) is 23.2 Å². The second-order valence-corrected chi connectivity index (χ2v) is 7.37. The molecule has 0 aromatic heterocycles. The van der Waals surface area contributed by atoms with Gasteiger partial charge in [0, 0.05) is 26.2 Å². The van der Waals surface area contributed by atoms with Crippen LogP contribution in [0.1, 0.15) is 31.7 Å². The van der Waals surface area contributed by atoms with Crippen LogP contribution in [0.3, 0.4) is 0 Å². The Hall–Kier alpha value is -1.23. The van der Waals surface area contributed by atoms with Gasteiger partial charge < -0.3 is 19.9 Å². The van der Waals surface area contributed by atoms with Crippen molar-refractivity contribution in [3.8, 4) is 5.75 Å². The molecular formula is C20H30F3IN4O. The average Bonchev–Trinajstić information content (AvgIpc) is 3.32. The molecular weight excluding hydrogens is 496 g/mol. The molecule has 0 radical (unpaired) electrons. The van der Waals surface area contributed by atoms with E-state index in [1.54, 1.807) is 0 Å². The highest BCUT2D eigenvalue weighted by atomic mass is 127. The summed E-state index contributed by atoms with van der Waals surface area (Å²) in [7, 11) is 0. The van der Waals surface area contributed by atoms with Crippen LogP contribution in [0.5, 0.6) is 5.75 Å². The number of alkyl halides is 2. The molecule has 1 atom stereocenters. The van der Waals surface area contributed by atoms with Crippen molar-refractivity contribution in [1.82, 2.24) is 15.1 Å². The summed E-state index contributed by atoms with van der Waals surface area (Å²) in [6, 6.07) is 3.93. The maximum absolute atomic E-state index is 14.2. The van der Waals surface area contributed by atoms with Crippen LogP contribution >= 0.6 is 24.0 Å². The standard InChI is InChI=1S/C20H29F3N4O.HI/c1-2-24-20(27-11-8-15(14-27)13-26-9-3-4-10-26)25-12-16-17(21)6-5-7-18(16)28-19(22)23;/h5-7,15,19H,2-4,8-14H2,1H3,(H,24,25);1H. The zero-order valence-electron chi connectivity index (χ0n) is 16.7. The van der Waals surface area contributed by atoms with E-state index in [-0.39, 0.29) is 41.8 Å². The number of likely N-dealkylation sites (tertiary alicyclic amines) is 2. The summed E-state index contributed by atoms with van der Waals surface area (Å²) in [4.78, 5) is 9.21. The van der Waals surface area contributed by atoms with Crippen molar-refractivity contribution < 1.29 is 17.9 Å². The molecule has 164 valence electrons. The maximum Gasteiger partial charge on any atom is 0.387 e. The molecule has 2 fully saturated rings. The van der Waals surface area contributed by atoms with E-state index in [2.05, 4.69) is 24.8 Å². The number of guanidine groups is 1. The molecule has 1 unspecified atom stereocenters. The van der Waals surface area contributed by atoms with Crippen LogP contribution in [-0.4, -0.2) is 61.6 Å². The number of hydrogen-bond donors (Lipinski definition) is 1. The van der Waals surface area contributed by atoms with E-state index in [1.165, 1.54) is 44.1 Å². The predicted molar refractivity (Wildman–Crippen MR) is 119 cm³/mol. The van der Waals surface area contributed by atoms with Gasteiger partial charge in [0.05, 0.1) is 12.1 Å². The number of halogens is 4. The third-order valence-corrected chi connectivity index (χ3v) is 5.31. The zero-order chi connectivity index (χ0) is 19.9. The molecule has 2 aliphatic heterocycles. The summed E-state index contributed by atoms with van der Waals surface area (Å²) in [6.45, 7) is 4.88. The Morgan fingerprint density at radius 3 is 2.72 bits per heavy atom. The maximum atomic E-state index is 14.2. The fourth-order valence-electron chi connectivity index (χ4n) is 3.98. The van der Waals surface area contributed by atoms with Crippen LogP contribution in [0.2, 0.25) is 0 Å². The highest BCUT2D eigenvalue weighted by Crippen LogP contribution is 2.25. The number of nitrogens with zero attached hydrogens (tertiary/aromatic N) is 3. The van der Waals surface area contributed by atoms with Gasteiger partial charge in [-0.25, -0.2) is 9.38 Å². The van der Waals surface area contributed by atoms with Gasteiger partial charge in [-0.05, 0) is 57.3 Å². The van der Waals surface area contributed by atoms with Gasteiger partial charge >= 0.3 is 6.61 Å². The summed E-state index contributed by atoms with van der Waals surface area (Å²) < 4.78 is 43.8. The number of benzene rings is 1. The largest absolute Gasteiger partial charge is 0.434 e. The molecule has 1 aromatic carbocycles. The summed E-state index contributed by atoms with van der Waals surface area (Å²) in [5.74, 6) is 0.528. The topological polar surface area (TPSA) is 40.1 Å². The summed E-state index contributed by atoms with van der Waals surface area (Å²) in [6.07, 6.45) is 3.67. The van der Waals surface area contributed by atoms with Crippen LogP contribution in [0.25, 0.3) is 0 Å². The fourth-order valence-corrected chi connectivity index (χ4v) is 3.98. The Kier molecular flexibility index (Phi) is 9.81. The second-order valence-electron chi connectivity index (χ2n) is 7.37. The van der Waals surface area contributed by atoms with Gasteiger partial charge in [0.25, 0.3) is 0 Å². The Balaban J connectivity index is 0.00000300. The molecule has 0 spiro atoms. The fraction of sp³-hybridized carbons (Fsp3) is 0.650. The summed E-state index contributed by atoms with van der Waals surface area (Å²) in [5, 5.41) is 3.24. The van der Waals surface area contributed by atoms with Crippen LogP contribution in [0.4, 0.5) is 13.2 Å². The minimum atomic E-state index is -3.00. The van der Waals surface area contributed by atoms with Gasteiger partial charge in [-0.3, -0.25) is 0 Å². The smallest absolute Gasteiger partial charge is 0.387 e. The van der Waals surface area contributed by atoms with E-state index >= 15 is 0 Å². The molecule has 1 aromatic rings. The molecule has 0 saturated carbocycles. The van der Waals surface area contributed by atoms with Crippen LogP contribution in [0, 0.1) is 11.7 Å². The molecule has 3 rings (SSSR count). The molecule has 9 heteroatoms. The van der Waals surface area contributed by atoms with Gasteiger partial charge in [0.15, 0.2) is 5.96 Å². The first-order valence-electron chi connectivity index (χ1n) is 10.0. The van der Waals surface area contributed by atoms with Crippen molar-refractivity contribution in [3.05, 3.63) is 29.6 Å². The van der Waals surface area contributed by atoms with Gasteiger partial charge in [-0.15, -0.1) is 24.0 Å². The van der Waals surface area contributed by atoms with Gasteiger partial charge in [0.1, 0.15) is 11.6 Å². The summed E-state index contributed by atoms with van der Waals surface area (Å²) in [5.41, 5.74) is 0.0472. The average molecular weight is 526 g/mol. The number of hydrogen-bond acceptors (Lipinski definition) is 3. The SMILES string of the molecule is CCNC(=NCc1c(F)cccc1OC(F)F)N1CCC(CN2CCCC2)C1.I. The Bertz CT molecular complexity index is 671. The monoisotopic (exact) mass is 526 g/mol. The normalized spacial score (nSPS) is 20.2. The van der Waals surface area contributed by atoms with Crippen molar-refractivity contribution in [2.24, 2.45) is 10.9 Å². The van der Waals surface area contributed by atoms with Crippen molar-refractivity contribution in [3.63, 3.8) is 0 Å². The molecule has 1 N–H and O–H groups in total. The lowest BCUT2D eigenvalue weighted by Crippen LogP contribution is -2.40. The van der Waals surface area contributed by atoms with Gasteiger partial charge in [0.2, 0.25) is 0 Å². The predicted octanol–water partition coefficient (Wildman–Crippen LogP) is 3.93. The summed E-state index contributed by atoms with van der Waals surface area (Å²) >= 11 is 0. The van der Waals surface area contributed by atoms with E-state index in [0.29, 0.717) is 18.4 Å². The molecule has 2 saturated heterocycles. The molecule has 2 aliphatic rings. The molecule has 29 heavy (non-hydrogen) atoms. The van der Waals surface area contributed by atoms with Gasteiger partial charge in [-0.1, -0.05) is 6.07 Å². The second kappa shape index (κ2) is 11.8. The number of rotatable bonds is 7. The Morgan fingerprint density at radius 1 is 1.28 bits per heavy atom. The Labute approximate surface area is 187 Å². The van der Waals surface area contributed by atoms with Crippen molar-refractivity contribution in [2.75, 3.05) is 39.3 Å². The highest BCUT2D eigenvalue weighted by Gasteiger charge is 2.27. The number of nitrogens with one attached hydrogen (secondary N) is 1. The van der Waals surface area contributed by atoms with E-state index in [0.717, 1.165) is 26.1 Å².